The monoisotopic (exact) mass is 229 g/mol. The first kappa shape index (κ1) is 13.6. The van der Waals surface area contributed by atoms with E-state index in [0.29, 0.717) is 39.0 Å². The molecule has 0 heterocycles. The van der Waals surface area contributed by atoms with Gasteiger partial charge in [-0.05, 0) is 19.8 Å². The van der Waals surface area contributed by atoms with Crippen molar-refractivity contribution in [2.45, 2.75) is 31.9 Å². The van der Waals surface area contributed by atoms with Gasteiger partial charge in [0.15, 0.2) is 0 Å². The molecule has 1 unspecified atom stereocenters. The minimum absolute atomic E-state index is 0.375. The summed E-state index contributed by atoms with van der Waals surface area (Å²) in [5.41, 5.74) is 0. The Balaban J connectivity index is 1.88. The Kier molecular flexibility index (Phi) is 7.42. The van der Waals surface area contributed by atoms with Gasteiger partial charge < -0.3 is 19.9 Å². The van der Waals surface area contributed by atoms with Gasteiger partial charge in [-0.1, -0.05) is 12.2 Å². The van der Waals surface area contributed by atoms with Gasteiger partial charge in [-0.2, -0.15) is 0 Å². The zero-order valence-electron chi connectivity index (χ0n) is 10.0. The summed E-state index contributed by atoms with van der Waals surface area (Å²) in [6, 6.07) is 0.498. The molecule has 1 atom stereocenters. The average Bonchev–Trinajstić information content (AvgIpc) is 2.79. The number of ether oxygens (including phenoxy) is 2. The van der Waals surface area contributed by atoms with E-state index in [1.54, 1.807) is 0 Å². The lowest BCUT2D eigenvalue weighted by Crippen LogP contribution is -2.36. The Morgan fingerprint density at radius 2 is 2.00 bits per heavy atom. The average molecular weight is 229 g/mol. The predicted molar refractivity (Wildman–Crippen MR) is 63.5 cm³/mol. The third-order valence-corrected chi connectivity index (χ3v) is 2.54. The fourth-order valence-electron chi connectivity index (χ4n) is 1.63. The Labute approximate surface area is 97.6 Å². The van der Waals surface area contributed by atoms with Gasteiger partial charge >= 0.3 is 0 Å². The molecule has 4 nitrogen and oxygen atoms in total. The SMILES string of the molecule is CCOCCOCC(O)CNC1CC=CC1. The Morgan fingerprint density at radius 1 is 1.31 bits per heavy atom. The molecule has 1 aliphatic carbocycles. The van der Waals surface area contributed by atoms with Crippen LogP contribution in [0.25, 0.3) is 0 Å². The zero-order valence-corrected chi connectivity index (χ0v) is 10.0. The third kappa shape index (κ3) is 6.23. The molecule has 0 aromatic heterocycles. The summed E-state index contributed by atoms with van der Waals surface area (Å²) in [5.74, 6) is 0. The molecule has 0 radical (unpaired) electrons. The highest BCUT2D eigenvalue weighted by molar-refractivity contribution is 4.97. The maximum absolute atomic E-state index is 9.62. The molecular weight excluding hydrogens is 206 g/mol. The summed E-state index contributed by atoms with van der Waals surface area (Å²) in [4.78, 5) is 0. The van der Waals surface area contributed by atoms with Gasteiger partial charge in [-0.15, -0.1) is 0 Å². The fourth-order valence-corrected chi connectivity index (χ4v) is 1.63. The van der Waals surface area contributed by atoms with Gasteiger partial charge in [0.1, 0.15) is 0 Å². The minimum Gasteiger partial charge on any atom is -0.389 e. The van der Waals surface area contributed by atoms with E-state index >= 15 is 0 Å². The summed E-state index contributed by atoms with van der Waals surface area (Å²) in [7, 11) is 0. The van der Waals surface area contributed by atoms with E-state index in [4.69, 9.17) is 9.47 Å². The molecule has 1 rings (SSSR count). The summed E-state index contributed by atoms with van der Waals surface area (Å²) < 4.78 is 10.4. The van der Waals surface area contributed by atoms with E-state index in [9.17, 15) is 5.11 Å². The number of hydrogen-bond donors (Lipinski definition) is 2. The molecule has 1 aliphatic rings. The van der Waals surface area contributed by atoms with Gasteiger partial charge in [-0.25, -0.2) is 0 Å². The van der Waals surface area contributed by atoms with Crippen LogP contribution in [0.5, 0.6) is 0 Å². The second kappa shape index (κ2) is 8.70. The number of hydrogen-bond acceptors (Lipinski definition) is 4. The van der Waals surface area contributed by atoms with Crippen LogP contribution in [0.1, 0.15) is 19.8 Å². The standard InChI is InChI=1S/C12H23NO3/c1-2-15-7-8-16-10-12(14)9-13-11-5-3-4-6-11/h3-4,11-14H,2,5-10H2,1H3. The van der Waals surface area contributed by atoms with E-state index in [1.807, 2.05) is 6.92 Å². The van der Waals surface area contributed by atoms with Crippen molar-refractivity contribution in [1.29, 1.82) is 0 Å². The van der Waals surface area contributed by atoms with Crippen molar-refractivity contribution < 1.29 is 14.6 Å². The molecule has 0 saturated heterocycles. The van der Waals surface area contributed by atoms with E-state index < -0.39 is 6.10 Å². The number of aliphatic hydroxyl groups is 1. The molecule has 0 saturated carbocycles. The highest BCUT2D eigenvalue weighted by Gasteiger charge is 2.11. The molecule has 0 aromatic carbocycles. The zero-order chi connectivity index (χ0) is 11.6. The van der Waals surface area contributed by atoms with Crippen molar-refractivity contribution in [3.05, 3.63) is 12.2 Å². The Hall–Kier alpha value is -0.420. The molecule has 0 aromatic rings. The number of nitrogens with one attached hydrogen (secondary N) is 1. The van der Waals surface area contributed by atoms with Gasteiger partial charge in [0.2, 0.25) is 0 Å². The van der Waals surface area contributed by atoms with Crippen molar-refractivity contribution in [3.63, 3.8) is 0 Å². The smallest absolute Gasteiger partial charge is 0.0897 e. The molecule has 16 heavy (non-hydrogen) atoms. The second-order valence-electron chi connectivity index (χ2n) is 3.97. The van der Waals surface area contributed by atoms with Crippen LogP contribution in [0.3, 0.4) is 0 Å². The molecular formula is C12H23NO3. The summed E-state index contributed by atoms with van der Waals surface area (Å²) in [6.07, 6.45) is 6.04. The third-order valence-electron chi connectivity index (χ3n) is 2.54. The van der Waals surface area contributed by atoms with Crippen LogP contribution in [0.15, 0.2) is 12.2 Å². The van der Waals surface area contributed by atoms with Crippen molar-refractivity contribution in [2.24, 2.45) is 0 Å². The molecule has 4 heteroatoms. The first-order valence-electron chi connectivity index (χ1n) is 6.05. The van der Waals surface area contributed by atoms with Crippen LogP contribution in [0, 0.1) is 0 Å². The van der Waals surface area contributed by atoms with Crippen molar-refractivity contribution >= 4 is 0 Å². The highest BCUT2D eigenvalue weighted by Crippen LogP contribution is 2.08. The van der Waals surface area contributed by atoms with Gasteiger partial charge in [0.05, 0.1) is 25.9 Å². The summed E-state index contributed by atoms with van der Waals surface area (Å²) >= 11 is 0. The number of aliphatic hydroxyl groups excluding tert-OH is 1. The summed E-state index contributed by atoms with van der Waals surface area (Å²) in [6.45, 7) is 4.79. The molecule has 0 amide bonds. The Morgan fingerprint density at radius 3 is 2.69 bits per heavy atom. The topological polar surface area (TPSA) is 50.7 Å². The normalized spacial score (nSPS) is 18.1. The lowest BCUT2D eigenvalue weighted by Gasteiger charge is -2.16. The van der Waals surface area contributed by atoms with Crippen LogP contribution in [-0.4, -0.2) is 50.2 Å². The lowest BCUT2D eigenvalue weighted by molar-refractivity contribution is 0.00583. The maximum atomic E-state index is 9.62. The van der Waals surface area contributed by atoms with Crippen LogP contribution >= 0.6 is 0 Å². The predicted octanol–water partition coefficient (Wildman–Crippen LogP) is 0.709. The fraction of sp³-hybridized carbons (Fsp3) is 0.833. The number of rotatable bonds is 9. The molecule has 0 fully saturated rings. The Bertz CT molecular complexity index is 189. The maximum Gasteiger partial charge on any atom is 0.0897 e. The van der Waals surface area contributed by atoms with Gasteiger partial charge in [0, 0.05) is 19.2 Å². The van der Waals surface area contributed by atoms with E-state index in [-0.39, 0.29) is 0 Å². The van der Waals surface area contributed by atoms with Crippen LogP contribution < -0.4 is 5.32 Å². The van der Waals surface area contributed by atoms with E-state index in [1.165, 1.54) is 0 Å². The summed E-state index contributed by atoms with van der Waals surface area (Å²) in [5, 5.41) is 12.9. The van der Waals surface area contributed by atoms with Crippen LogP contribution in [-0.2, 0) is 9.47 Å². The lowest BCUT2D eigenvalue weighted by atomic mass is 10.2. The van der Waals surface area contributed by atoms with E-state index in [0.717, 1.165) is 12.8 Å². The first-order chi connectivity index (χ1) is 7.83. The minimum atomic E-state index is -0.428. The molecule has 0 aliphatic heterocycles. The second-order valence-corrected chi connectivity index (χ2v) is 3.97. The quantitative estimate of drug-likeness (QED) is 0.451. The molecule has 2 N–H and O–H groups in total. The van der Waals surface area contributed by atoms with Crippen molar-refractivity contribution in [3.8, 4) is 0 Å². The van der Waals surface area contributed by atoms with Crippen molar-refractivity contribution in [1.82, 2.24) is 5.32 Å². The van der Waals surface area contributed by atoms with E-state index in [2.05, 4.69) is 17.5 Å². The van der Waals surface area contributed by atoms with Crippen LogP contribution in [0.2, 0.25) is 0 Å². The molecule has 0 spiro atoms. The molecule has 94 valence electrons. The van der Waals surface area contributed by atoms with Crippen LogP contribution in [0.4, 0.5) is 0 Å². The first-order valence-corrected chi connectivity index (χ1v) is 6.05. The van der Waals surface area contributed by atoms with Gasteiger partial charge in [-0.3, -0.25) is 0 Å². The highest BCUT2D eigenvalue weighted by atomic mass is 16.5. The van der Waals surface area contributed by atoms with Gasteiger partial charge in [0.25, 0.3) is 0 Å². The van der Waals surface area contributed by atoms with Crippen molar-refractivity contribution in [2.75, 3.05) is 33.0 Å². The largest absolute Gasteiger partial charge is 0.389 e. The molecule has 0 bridgehead atoms.